The summed E-state index contributed by atoms with van der Waals surface area (Å²) >= 11 is 6.04. The van der Waals surface area contributed by atoms with Crippen LogP contribution in [0.4, 0.5) is 5.69 Å². The lowest BCUT2D eigenvalue weighted by Crippen LogP contribution is -2.27. The van der Waals surface area contributed by atoms with Gasteiger partial charge in [0.25, 0.3) is 0 Å². The van der Waals surface area contributed by atoms with Crippen molar-refractivity contribution in [2.75, 3.05) is 5.32 Å². The van der Waals surface area contributed by atoms with Crippen LogP contribution < -0.4 is 5.32 Å². The van der Waals surface area contributed by atoms with Crippen LogP contribution in [0.25, 0.3) is 0 Å². The van der Waals surface area contributed by atoms with Gasteiger partial charge in [-0.25, -0.2) is 0 Å². The van der Waals surface area contributed by atoms with Gasteiger partial charge in [0, 0.05) is 0 Å². The van der Waals surface area contributed by atoms with Crippen LogP contribution in [-0.2, 0) is 0 Å². The molecule has 16 heavy (non-hydrogen) atoms. The van der Waals surface area contributed by atoms with Crippen molar-refractivity contribution in [1.82, 2.24) is 0 Å². The molecule has 0 aliphatic heterocycles. The summed E-state index contributed by atoms with van der Waals surface area (Å²) in [5.74, 6) is 0. The fraction of sp³-hybridized carbons (Fsp3) is 0.417. The maximum absolute atomic E-state index is 9.68. The normalized spacial score (nSPS) is 24.1. The Labute approximate surface area is 99.7 Å². The summed E-state index contributed by atoms with van der Waals surface area (Å²) < 4.78 is 0. The van der Waals surface area contributed by atoms with Crippen molar-refractivity contribution in [3.63, 3.8) is 0 Å². The van der Waals surface area contributed by atoms with Crippen LogP contribution >= 0.6 is 11.6 Å². The molecular weight excluding hydrogens is 224 g/mol. The first kappa shape index (κ1) is 11.3. The van der Waals surface area contributed by atoms with Gasteiger partial charge in [0.05, 0.1) is 34.5 Å². The number of anilines is 1. The molecule has 1 aliphatic rings. The Hall–Kier alpha value is -1.24. The van der Waals surface area contributed by atoms with E-state index in [1.807, 2.05) is 6.07 Å². The number of nitrogens with one attached hydrogen (secondary N) is 1. The van der Waals surface area contributed by atoms with E-state index in [9.17, 15) is 5.11 Å². The van der Waals surface area contributed by atoms with Crippen molar-refractivity contribution in [2.45, 2.75) is 31.4 Å². The molecule has 0 spiro atoms. The van der Waals surface area contributed by atoms with Crippen LogP contribution in [0.3, 0.4) is 0 Å². The molecule has 4 heteroatoms. The van der Waals surface area contributed by atoms with Gasteiger partial charge in [-0.05, 0) is 37.5 Å². The molecule has 0 amide bonds. The molecule has 0 saturated heterocycles. The third-order valence-corrected chi connectivity index (χ3v) is 3.23. The van der Waals surface area contributed by atoms with E-state index < -0.39 is 0 Å². The number of halogens is 1. The Morgan fingerprint density at radius 2 is 2.25 bits per heavy atom. The lowest BCUT2D eigenvalue weighted by Gasteiger charge is -2.18. The van der Waals surface area contributed by atoms with Crippen molar-refractivity contribution in [2.24, 2.45) is 0 Å². The zero-order chi connectivity index (χ0) is 11.5. The van der Waals surface area contributed by atoms with Crippen LogP contribution in [0.5, 0.6) is 0 Å². The summed E-state index contributed by atoms with van der Waals surface area (Å²) in [4.78, 5) is 0. The Bertz CT molecular complexity index is 428. The van der Waals surface area contributed by atoms with Crippen LogP contribution in [0.1, 0.15) is 24.8 Å². The van der Waals surface area contributed by atoms with Crippen molar-refractivity contribution in [3.05, 3.63) is 28.8 Å². The number of aliphatic hydroxyl groups excluding tert-OH is 1. The van der Waals surface area contributed by atoms with E-state index in [2.05, 4.69) is 5.32 Å². The third kappa shape index (κ3) is 2.29. The molecule has 2 rings (SSSR count). The summed E-state index contributed by atoms with van der Waals surface area (Å²) in [5, 5.41) is 22.1. The molecule has 3 nitrogen and oxygen atoms in total. The topological polar surface area (TPSA) is 56.0 Å². The number of nitriles is 1. The standard InChI is InChI=1S/C12H13ClN2O/c13-9-6-8(7-14)4-5-10(9)15-11-2-1-3-12(11)16/h4-6,11-12,15-16H,1-3H2/t11-,12-/m1/s1. The van der Waals surface area contributed by atoms with Gasteiger partial charge in [0.2, 0.25) is 0 Å². The summed E-state index contributed by atoms with van der Waals surface area (Å²) in [5.41, 5.74) is 1.33. The molecule has 1 fully saturated rings. The van der Waals surface area contributed by atoms with Gasteiger partial charge in [0.15, 0.2) is 0 Å². The summed E-state index contributed by atoms with van der Waals surface area (Å²) in [6.45, 7) is 0. The second kappa shape index (κ2) is 4.73. The van der Waals surface area contributed by atoms with Crippen LogP contribution in [-0.4, -0.2) is 17.3 Å². The maximum atomic E-state index is 9.68. The minimum Gasteiger partial charge on any atom is -0.391 e. The Morgan fingerprint density at radius 3 is 2.81 bits per heavy atom. The highest BCUT2D eigenvalue weighted by atomic mass is 35.5. The lowest BCUT2D eigenvalue weighted by atomic mass is 10.1. The number of hydrogen-bond acceptors (Lipinski definition) is 3. The highest BCUT2D eigenvalue weighted by Crippen LogP contribution is 2.28. The number of nitrogens with zero attached hydrogens (tertiary/aromatic N) is 1. The van der Waals surface area contributed by atoms with E-state index in [1.54, 1.807) is 18.2 Å². The second-order valence-corrected chi connectivity index (χ2v) is 4.46. The first-order chi connectivity index (χ1) is 7.70. The molecule has 2 N–H and O–H groups in total. The SMILES string of the molecule is N#Cc1ccc(N[C@@H]2CCC[C@H]2O)c(Cl)c1. The average molecular weight is 237 g/mol. The molecule has 0 radical (unpaired) electrons. The highest BCUT2D eigenvalue weighted by Gasteiger charge is 2.25. The molecule has 84 valence electrons. The molecule has 1 aliphatic carbocycles. The third-order valence-electron chi connectivity index (χ3n) is 2.92. The number of benzene rings is 1. The zero-order valence-corrected chi connectivity index (χ0v) is 9.54. The van der Waals surface area contributed by atoms with Gasteiger partial charge < -0.3 is 10.4 Å². The van der Waals surface area contributed by atoms with Crippen LogP contribution in [0.15, 0.2) is 18.2 Å². The van der Waals surface area contributed by atoms with E-state index in [1.165, 1.54) is 0 Å². The summed E-state index contributed by atoms with van der Waals surface area (Å²) in [6.07, 6.45) is 2.53. The summed E-state index contributed by atoms with van der Waals surface area (Å²) in [6, 6.07) is 7.24. The molecule has 0 unspecified atom stereocenters. The molecule has 1 saturated carbocycles. The average Bonchev–Trinajstić information content (AvgIpc) is 2.67. The minimum absolute atomic E-state index is 0.0745. The van der Waals surface area contributed by atoms with Crippen molar-refractivity contribution in [1.29, 1.82) is 5.26 Å². The predicted molar refractivity (Wildman–Crippen MR) is 63.4 cm³/mol. The number of aliphatic hydroxyl groups is 1. The summed E-state index contributed by atoms with van der Waals surface area (Å²) in [7, 11) is 0. The Morgan fingerprint density at radius 1 is 1.44 bits per heavy atom. The fourth-order valence-electron chi connectivity index (χ4n) is 2.01. The monoisotopic (exact) mass is 236 g/mol. The minimum atomic E-state index is -0.299. The van der Waals surface area contributed by atoms with Gasteiger partial charge in [-0.1, -0.05) is 11.6 Å². The Balaban J connectivity index is 2.13. The van der Waals surface area contributed by atoms with Gasteiger partial charge in [-0.2, -0.15) is 5.26 Å². The van der Waals surface area contributed by atoms with Crippen molar-refractivity contribution < 1.29 is 5.11 Å². The molecule has 0 aromatic heterocycles. The maximum Gasteiger partial charge on any atom is 0.0992 e. The highest BCUT2D eigenvalue weighted by molar-refractivity contribution is 6.33. The zero-order valence-electron chi connectivity index (χ0n) is 8.78. The van der Waals surface area contributed by atoms with E-state index in [0.717, 1.165) is 24.9 Å². The quantitative estimate of drug-likeness (QED) is 0.830. The van der Waals surface area contributed by atoms with Crippen molar-refractivity contribution in [3.8, 4) is 6.07 Å². The smallest absolute Gasteiger partial charge is 0.0992 e. The number of hydrogen-bond donors (Lipinski definition) is 2. The predicted octanol–water partition coefficient (Wildman–Crippen LogP) is 2.54. The molecular formula is C12H13ClN2O. The molecule has 2 atom stereocenters. The first-order valence-corrected chi connectivity index (χ1v) is 5.73. The van der Waals surface area contributed by atoms with Crippen LogP contribution in [0, 0.1) is 11.3 Å². The van der Waals surface area contributed by atoms with E-state index in [0.29, 0.717) is 10.6 Å². The van der Waals surface area contributed by atoms with E-state index >= 15 is 0 Å². The van der Waals surface area contributed by atoms with Crippen LogP contribution in [0.2, 0.25) is 5.02 Å². The van der Waals surface area contributed by atoms with Gasteiger partial charge in [0.1, 0.15) is 0 Å². The Kier molecular flexibility index (Phi) is 3.33. The molecule has 0 heterocycles. The molecule has 0 bridgehead atoms. The van der Waals surface area contributed by atoms with Gasteiger partial charge >= 0.3 is 0 Å². The van der Waals surface area contributed by atoms with Gasteiger partial charge in [-0.15, -0.1) is 0 Å². The second-order valence-electron chi connectivity index (χ2n) is 4.06. The lowest BCUT2D eigenvalue weighted by molar-refractivity contribution is 0.172. The molecule has 1 aromatic carbocycles. The number of rotatable bonds is 2. The van der Waals surface area contributed by atoms with E-state index in [4.69, 9.17) is 16.9 Å². The fourth-order valence-corrected chi connectivity index (χ4v) is 2.25. The largest absolute Gasteiger partial charge is 0.391 e. The first-order valence-electron chi connectivity index (χ1n) is 5.35. The van der Waals surface area contributed by atoms with Crippen molar-refractivity contribution >= 4 is 17.3 Å². The van der Waals surface area contributed by atoms with Gasteiger partial charge in [-0.3, -0.25) is 0 Å². The molecule has 1 aromatic rings. The van der Waals surface area contributed by atoms with E-state index in [-0.39, 0.29) is 12.1 Å².